The van der Waals surface area contributed by atoms with Gasteiger partial charge in [-0.05, 0) is 6.42 Å². The molecule has 1 fully saturated rings. The third-order valence-electron chi connectivity index (χ3n) is 1.93. The first kappa shape index (κ1) is 11.4. The molecule has 0 aromatic heterocycles. The summed E-state index contributed by atoms with van der Waals surface area (Å²) in [6.07, 6.45) is 1.89. The molecule has 14 heavy (non-hydrogen) atoms. The second-order valence-electron chi connectivity index (χ2n) is 3.11. The van der Waals surface area contributed by atoms with Gasteiger partial charge in [0.25, 0.3) is 5.24 Å². The van der Waals surface area contributed by atoms with Gasteiger partial charge < -0.3 is 9.64 Å². The Morgan fingerprint density at radius 2 is 2.43 bits per heavy atom. The number of esters is 1. The van der Waals surface area contributed by atoms with Gasteiger partial charge in [-0.2, -0.15) is 0 Å². The Labute approximate surface area is 88.0 Å². The highest BCUT2D eigenvalue weighted by atomic mass is 32.2. The number of rotatable bonds is 5. The van der Waals surface area contributed by atoms with Crippen molar-refractivity contribution in [1.29, 1.82) is 0 Å². The quantitative estimate of drug-likeness (QED) is 0.517. The van der Waals surface area contributed by atoms with Gasteiger partial charge in [0.15, 0.2) is 0 Å². The minimum absolute atomic E-state index is 0.0163. The van der Waals surface area contributed by atoms with Crippen LogP contribution in [0.3, 0.4) is 0 Å². The van der Waals surface area contributed by atoms with Crippen molar-refractivity contribution in [3.63, 3.8) is 0 Å². The molecule has 0 N–H and O–H groups in total. The average Bonchev–Trinajstić information content (AvgIpc) is 2.52. The molecule has 5 heteroatoms. The summed E-state index contributed by atoms with van der Waals surface area (Å²) in [5.41, 5.74) is 0. The maximum atomic E-state index is 11.2. The zero-order chi connectivity index (χ0) is 10.4. The molecular formula is C9H15NO3S. The van der Waals surface area contributed by atoms with Gasteiger partial charge in [0.2, 0.25) is 0 Å². The van der Waals surface area contributed by atoms with Crippen molar-refractivity contribution in [3.8, 4) is 0 Å². The number of unbranched alkanes of at least 4 members (excludes halogenated alkanes) is 1. The first-order chi connectivity index (χ1) is 6.74. The van der Waals surface area contributed by atoms with Gasteiger partial charge in [0.1, 0.15) is 6.54 Å². The van der Waals surface area contributed by atoms with Crippen LogP contribution in [0.4, 0.5) is 4.79 Å². The van der Waals surface area contributed by atoms with Crippen LogP contribution in [0.1, 0.15) is 19.8 Å². The van der Waals surface area contributed by atoms with Crippen LogP contribution >= 0.6 is 11.8 Å². The van der Waals surface area contributed by atoms with Crippen LogP contribution in [0.25, 0.3) is 0 Å². The van der Waals surface area contributed by atoms with Crippen molar-refractivity contribution < 1.29 is 14.3 Å². The van der Waals surface area contributed by atoms with Crippen molar-refractivity contribution in [1.82, 2.24) is 4.90 Å². The summed E-state index contributed by atoms with van der Waals surface area (Å²) in [7, 11) is 0. The number of hydrogen-bond donors (Lipinski definition) is 0. The molecular weight excluding hydrogens is 202 g/mol. The molecule has 1 heterocycles. The van der Waals surface area contributed by atoms with E-state index in [1.807, 2.05) is 6.92 Å². The minimum Gasteiger partial charge on any atom is -0.464 e. The fourth-order valence-electron chi connectivity index (χ4n) is 1.10. The second kappa shape index (κ2) is 5.90. The molecule has 1 aliphatic heterocycles. The second-order valence-corrected chi connectivity index (χ2v) is 4.16. The number of carbonyl (C=O) groups excluding carboxylic acids is 2. The Morgan fingerprint density at radius 1 is 1.64 bits per heavy atom. The third-order valence-corrected chi connectivity index (χ3v) is 2.82. The van der Waals surface area contributed by atoms with E-state index in [-0.39, 0.29) is 17.8 Å². The van der Waals surface area contributed by atoms with Crippen molar-refractivity contribution in [2.75, 3.05) is 25.4 Å². The zero-order valence-corrected chi connectivity index (χ0v) is 9.14. The summed E-state index contributed by atoms with van der Waals surface area (Å²) in [5, 5.41) is -0.0163. The molecule has 0 aliphatic carbocycles. The highest BCUT2D eigenvalue weighted by molar-refractivity contribution is 8.13. The van der Waals surface area contributed by atoms with E-state index in [0.29, 0.717) is 13.2 Å². The van der Waals surface area contributed by atoms with Gasteiger partial charge in [0, 0.05) is 12.3 Å². The minimum atomic E-state index is -0.297. The summed E-state index contributed by atoms with van der Waals surface area (Å²) in [4.78, 5) is 23.8. The molecule has 1 saturated heterocycles. The molecule has 1 aliphatic rings. The van der Waals surface area contributed by atoms with Crippen LogP contribution in [-0.2, 0) is 9.53 Å². The van der Waals surface area contributed by atoms with Gasteiger partial charge in [-0.15, -0.1) is 0 Å². The van der Waals surface area contributed by atoms with Crippen LogP contribution in [0.2, 0.25) is 0 Å². The van der Waals surface area contributed by atoms with Crippen LogP contribution in [0, 0.1) is 0 Å². The van der Waals surface area contributed by atoms with Gasteiger partial charge >= 0.3 is 5.97 Å². The monoisotopic (exact) mass is 217 g/mol. The first-order valence-electron chi connectivity index (χ1n) is 4.81. The maximum absolute atomic E-state index is 11.2. The van der Waals surface area contributed by atoms with E-state index >= 15 is 0 Å². The SMILES string of the molecule is CCCCOC(=O)CN1CCSC1=O. The summed E-state index contributed by atoms with van der Waals surface area (Å²) < 4.78 is 4.95. The summed E-state index contributed by atoms with van der Waals surface area (Å²) in [5.74, 6) is 0.482. The first-order valence-corrected chi connectivity index (χ1v) is 5.80. The van der Waals surface area contributed by atoms with E-state index < -0.39 is 0 Å². The Morgan fingerprint density at radius 3 is 3.00 bits per heavy atom. The predicted molar refractivity (Wildman–Crippen MR) is 55.3 cm³/mol. The number of amides is 1. The Bertz CT molecular complexity index is 220. The van der Waals surface area contributed by atoms with Crippen LogP contribution in [0.15, 0.2) is 0 Å². The van der Waals surface area contributed by atoms with Gasteiger partial charge in [-0.3, -0.25) is 9.59 Å². The lowest BCUT2D eigenvalue weighted by molar-refractivity contribution is -0.144. The van der Waals surface area contributed by atoms with Gasteiger partial charge in [0.05, 0.1) is 6.61 Å². The third kappa shape index (κ3) is 3.57. The number of ether oxygens (including phenoxy) is 1. The van der Waals surface area contributed by atoms with Gasteiger partial charge in [-0.25, -0.2) is 0 Å². The fourth-order valence-corrected chi connectivity index (χ4v) is 1.93. The van der Waals surface area contributed by atoms with Crippen LogP contribution < -0.4 is 0 Å². The van der Waals surface area contributed by atoms with Crippen LogP contribution in [0.5, 0.6) is 0 Å². The standard InChI is InChI=1S/C9H15NO3S/c1-2-3-5-13-8(11)7-10-4-6-14-9(10)12/h2-7H2,1H3. The number of carbonyl (C=O) groups is 2. The Kier molecular flexibility index (Phi) is 4.79. The predicted octanol–water partition coefficient (Wildman–Crippen LogP) is 1.50. The molecule has 1 amide bonds. The molecule has 0 radical (unpaired) electrons. The molecule has 0 aromatic carbocycles. The largest absolute Gasteiger partial charge is 0.464 e. The molecule has 80 valence electrons. The van der Waals surface area contributed by atoms with Crippen molar-refractivity contribution in [3.05, 3.63) is 0 Å². The van der Waals surface area contributed by atoms with E-state index in [0.717, 1.165) is 18.6 Å². The molecule has 0 bridgehead atoms. The molecule has 0 atom stereocenters. The van der Waals surface area contributed by atoms with E-state index in [4.69, 9.17) is 4.74 Å². The van der Waals surface area contributed by atoms with Crippen LogP contribution in [-0.4, -0.2) is 41.6 Å². The molecule has 4 nitrogen and oxygen atoms in total. The van der Waals surface area contributed by atoms with E-state index in [1.54, 1.807) is 0 Å². The van der Waals surface area contributed by atoms with Crippen molar-refractivity contribution in [2.45, 2.75) is 19.8 Å². The lowest BCUT2D eigenvalue weighted by Gasteiger charge is -2.12. The smallest absolute Gasteiger partial charge is 0.325 e. The van der Waals surface area contributed by atoms with Crippen molar-refractivity contribution in [2.24, 2.45) is 0 Å². The topological polar surface area (TPSA) is 46.6 Å². The highest BCUT2D eigenvalue weighted by Gasteiger charge is 2.23. The molecule has 0 aromatic rings. The van der Waals surface area contributed by atoms with Crippen molar-refractivity contribution >= 4 is 23.0 Å². The average molecular weight is 217 g/mol. The normalized spacial score (nSPS) is 16.1. The molecule has 0 unspecified atom stereocenters. The molecule has 1 rings (SSSR count). The lowest BCUT2D eigenvalue weighted by Crippen LogP contribution is -2.31. The maximum Gasteiger partial charge on any atom is 0.325 e. The summed E-state index contributed by atoms with van der Waals surface area (Å²) in [6, 6.07) is 0. The zero-order valence-electron chi connectivity index (χ0n) is 8.32. The number of nitrogens with zero attached hydrogens (tertiary/aromatic N) is 1. The molecule has 0 spiro atoms. The Balaban J connectivity index is 2.16. The van der Waals surface area contributed by atoms with E-state index in [9.17, 15) is 9.59 Å². The van der Waals surface area contributed by atoms with E-state index in [2.05, 4.69) is 0 Å². The number of thioether (sulfide) groups is 1. The summed E-state index contributed by atoms with van der Waals surface area (Å²) in [6.45, 7) is 3.26. The fraction of sp³-hybridized carbons (Fsp3) is 0.778. The Hall–Kier alpha value is -0.710. The number of hydrogen-bond acceptors (Lipinski definition) is 4. The van der Waals surface area contributed by atoms with E-state index in [1.165, 1.54) is 16.7 Å². The lowest BCUT2D eigenvalue weighted by atomic mass is 10.4. The highest BCUT2D eigenvalue weighted by Crippen LogP contribution is 2.16. The summed E-state index contributed by atoms with van der Waals surface area (Å²) >= 11 is 1.25. The molecule has 0 saturated carbocycles. The van der Waals surface area contributed by atoms with Gasteiger partial charge in [-0.1, -0.05) is 25.1 Å².